The zero-order valence-electron chi connectivity index (χ0n) is 11.3. The highest BCUT2D eigenvalue weighted by Crippen LogP contribution is 2.12. The van der Waals surface area contributed by atoms with Gasteiger partial charge in [-0.2, -0.15) is 0 Å². The number of benzene rings is 1. The molecule has 0 radical (unpaired) electrons. The Labute approximate surface area is 110 Å². The Bertz CT molecular complexity index is 344. The fraction of sp³-hybridized carbons (Fsp3) is 0.600. The van der Waals surface area contributed by atoms with Crippen LogP contribution in [0.3, 0.4) is 0 Å². The molecule has 2 rings (SSSR count). The van der Waals surface area contributed by atoms with Crippen LogP contribution in [0.2, 0.25) is 0 Å². The summed E-state index contributed by atoms with van der Waals surface area (Å²) in [6.45, 7) is 5.78. The van der Waals surface area contributed by atoms with Gasteiger partial charge in [-0.1, -0.05) is 18.6 Å². The second-order valence-corrected chi connectivity index (χ2v) is 5.31. The van der Waals surface area contributed by atoms with Gasteiger partial charge < -0.3 is 14.9 Å². The number of hydrogen-bond donors (Lipinski definition) is 1. The molecule has 3 heteroatoms. The SMILES string of the molecule is CN(CCN1CCCCC1)Cc1ccc(O)cc1. The van der Waals surface area contributed by atoms with Gasteiger partial charge in [0.05, 0.1) is 0 Å². The van der Waals surface area contributed by atoms with E-state index in [1.807, 2.05) is 12.1 Å². The lowest BCUT2D eigenvalue weighted by Gasteiger charge is -2.28. The average Bonchev–Trinajstić information content (AvgIpc) is 2.40. The van der Waals surface area contributed by atoms with Crippen LogP contribution < -0.4 is 0 Å². The molecule has 18 heavy (non-hydrogen) atoms. The highest BCUT2D eigenvalue weighted by Gasteiger charge is 2.10. The first-order chi connectivity index (χ1) is 8.74. The van der Waals surface area contributed by atoms with E-state index < -0.39 is 0 Å². The zero-order chi connectivity index (χ0) is 12.8. The number of likely N-dealkylation sites (N-methyl/N-ethyl adjacent to an activating group) is 1. The van der Waals surface area contributed by atoms with Crippen LogP contribution in [0, 0.1) is 0 Å². The van der Waals surface area contributed by atoms with Crippen molar-refractivity contribution >= 4 is 0 Å². The zero-order valence-corrected chi connectivity index (χ0v) is 11.3. The first-order valence-electron chi connectivity index (χ1n) is 6.93. The topological polar surface area (TPSA) is 26.7 Å². The molecule has 0 bridgehead atoms. The van der Waals surface area contributed by atoms with E-state index in [4.69, 9.17) is 0 Å². The van der Waals surface area contributed by atoms with Gasteiger partial charge in [0.25, 0.3) is 0 Å². The standard InChI is InChI=1S/C15H24N2O/c1-16(11-12-17-9-3-2-4-10-17)13-14-5-7-15(18)8-6-14/h5-8,18H,2-4,9-13H2,1H3. The molecule has 1 aromatic carbocycles. The van der Waals surface area contributed by atoms with E-state index in [1.54, 1.807) is 12.1 Å². The maximum atomic E-state index is 9.24. The van der Waals surface area contributed by atoms with E-state index in [9.17, 15) is 5.11 Å². The molecule has 0 amide bonds. The predicted molar refractivity (Wildman–Crippen MR) is 74.7 cm³/mol. The van der Waals surface area contributed by atoms with Crippen LogP contribution in [-0.2, 0) is 6.54 Å². The summed E-state index contributed by atoms with van der Waals surface area (Å²) in [5.74, 6) is 0.342. The van der Waals surface area contributed by atoms with Crippen LogP contribution in [0.1, 0.15) is 24.8 Å². The minimum atomic E-state index is 0.342. The summed E-state index contributed by atoms with van der Waals surface area (Å²) in [7, 11) is 2.16. The Morgan fingerprint density at radius 1 is 1.11 bits per heavy atom. The van der Waals surface area contributed by atoms with Crippen molar-refractivity contribution in [2.24, 2.45) is 0 Å². The van der Waals surface area contributed by atoms with Crippen LogP contribution in [0.4, 0.5) is 0 Å². The van der Waals surface area contributed by atoms with E-state index >= 15 is 0 Å². The fourth-order valence-electron chi connectivity index (χ4n) is 2.49. The minimum Gasteiger partial charge on any atom is -0.508 e. The van der Waals surface area contributed by atoms with Crippen LogP contribution in [0.15, 0.2) is 24.3 Å². The Hall–Kier alpha value is -1.06. The Morgan fingerprint density at radius 3 is 2.44 bits per heavy atom. The van der Waals surface area contributed by atoms with Crippen molar-refractivity contribution < 1.29 is 5.11 Å². The van der Waals surface area contributed by atoms with Crippen LogP contribution in [0.25, 0.3) is 0 Å². The van der Waals surface area contributed by atoms with Gasteiger partial charge in [0.1, 0.15) is 5.75 Å². The van der Waals surface area contributed by atoms with Gasteiger partial charge in [0.2, 0.25) is 0 Å². The molecular weight excluding hydrogens is 224 g/mol. The number of phenols is 1. The molecule has 0 aliphatic carbocycles. The number of rotatable bonds is 5. The summed E-state index contributed by atoms with van der Waals surface area (Å²) in [5, 5.41) is 9.24. The van der Waals surface area contributed by atoms with Gasteiger partial charge in [-0.05, 0) is 50.7 Å². The molecule has 1 N–H and O–H groups in total. The van der Waals surface area contributed by atoms with Crippen molar-refractivity contribution in [1.82, 2.24) is 9.80 Å². The third-order valence-electron chi connectivity index (χ3n) is 3.64. The van der Waals surface area contributed by atoms with E-state index in [0.717, 1.165) is 13.1 Å². The molecule has 1 aliphatic heterocycles. The lowest BCUT2D eigenvalue weighted by atomic mass is 10.1. The fourth-order valence-corrected chi connectivity index (χ4v) is 2.49. The molecule has 0 atom stereocenters. The number of phenolic OH excluding ortho intramolecular Hbond substituents is 1. The van der Waals surface area contributed by atoms with E-state index in [-0.39, 0.29) is 0 Å². The molecule has 0 saturated carbocycles. The van der Waals surface area contributed by atoms with E-state index in [1.165, 1.54) is 44.5 Å². The van der Waals surface area contributed by atoms with Crippen molar-refractivity contribution in [2.45, 2.75) is 25.8 Å². The molecule has 1 aliphatic rings. The van der Waals surface area contributed by atoms with Crippen molar-refractivity contribution in [1.29, 1.82) is 0 Å². The molecule has 1 saturated heterocycles. The van der Waals surface area contributed by atoms with Gasteiger partial charge in [-0.25, -0.2) is 0 Å². The molecule has 0 unspecified atom stereocenters. The van der Waals surface area contributed by atoms with Gasteiger partial charge in [0.15, 0.2) is 0 Å². The molecule has 0 spiro atoms. The molecule has 1 fully saturated rings. The minimum absolute atomic E-state index is 0.342. The maximum absolute atomic E-state index is 9.24. The molecule has 0 aromatic heterocycles. The lowest BCUT2D eigenvalue weighted by Crippen LogP contribution is -2.36. The number of hydrogen-bond acceptors (Lipinski definition) is 3. The molecule has 1 heterocycles. The van der Waals surface area contributed by atoms with Crippen molar-refractivity contribution in [3.05, 3.63) is 29.8 Å². The van der Waals surface area contributed by atoms with E-state index in [2.05, 4.69) is 16.8 Å². The maximum Gasteiger partial charge on any atom is 0.115 e. The third kappa shape index (κ3) is 4.31. The molecule has 3 nitrogen and oxygen atoms in total. The summed E-state index contributed by atoms with van der Waals surface area (Å²) in [5.41, 5.74) is 1.26. The van der Waals surface area contributed by atoms with Gasteiger partial charge in [0, 0.05) is 19.6 Å². The number of aromatic hydroxyl groups is 1. The number of nitrogens with zero attached hydrogens (tertiary/aromatic N) is 2. The molecule has 1 aromatic rings. The summed E-state index contributed by atoms with van der Waals surface area (Å²) in [6.07, 6.45) is 4.13. The van der Waals surface area contributed by atoms with Gasteiger partial charge in [-0.15, -0.1) is 0 Å². The summed E-state index contributed by atoms with van der Waals surface area (Å²) >= 11 is 0. The smallest absolute Gasteiger partial charge is 0.115 e. The Morgan fingerprint density at radius 2 is 1.78 bits per heavy atom. The van der Waals surface area contributed by atoms with Gasteiger partial charge >= 0.3 is 0 Å². The Balaban J connectivity index is 1.71. The predicted octanol–water partition coefficient (Wildman–Crippen LogP) is 2.31. The Kier molecular flexibility index (Phi) is 5.02. The largest absolute Gasteiger partial charge is 0.508 e. The summed E-state index contributed by atoms with van der Waals surface area (Å²) in [4.78, 5) is 4.91. The quantitative estimate of drug-likeness (QED) is 0.866. The highest BCUT2D eigenvalue weighted by atomic mass is 16.3. The lowest BCUT2D eigenvalue weighted by molar-refractivity contribution is 0.194. The molecule has 100 valence electrons. The van der Waals surface area contributed by atoms with Crippen LogP contribution in [-0.4, -0.2) is 48.1 Å². The first kappa shape index (κ1) is 13.4. The van der Waals surface area contributed by atoms with Crippen LogP contribution >= 0.6 is 0 Å². The van der Waals surface area contributed by atoms with Crippen molar-refractivity contribution in [3.8, 4) is 5.75 Å². The van der Waals surface area contributed by atoms with E-state index in [0.29, 0.717) is 5.75 Å². The second kappa shape index (κ2) is 6.76. The second-order valence-electron chi connectivity index (χ2n) is 5.31. The third-order valence-corrected chi connectivity index (χ3v) is 3.64. The monoisotopic (exact) mass is 248 g/mol. The van der Waals surface area contributed by atoms with Crippen molar-refractivity contribution in [3.63, 3.8) is 0 Å². The number of piperidine rings is 1. The highest BCUT2D eigenvalue weighted by molar-refractivity contribution is 5.25. The first-order valence-corrected chi connectivity index (χ1v) is 6.93. The molecular formula is C15H24N2O. The average molecular weight is 248 g/mol. The summed E-state index contributed by atoms with van der Waals surface area (Å²) < 4.78 is 0. The van der Waals surface area contributed by atoms with Gasteiger partial charge in [-0.3, -0.25) is 0 Å². The number of likely N-dealkylation sites (tertiary alicyclic amines) is 1. The normalized spacial score (nSPS) is 17.2. The van der Waals surface area contributed by atoms with Crippen molar-refractivity contribution in [2.75, 3.05) is 33.2 Å². The summed E-state index contributed by atoms with van der Waals surface area (Å²) in [6, 6.07) is 7.50. The van der Waals surface area contributed by atoms with Crippen LogP contribution in [0.5, 0.6) is 5.75 Å².